The van der Waals surface area contributed by atoms with Gasteiger partial charge in [-0.05, 0) is 59.3 Å². The van der Waals surface area contributed by atoms with Gasteiger partial charge in [-0.3, -0.25) is 0 Å². The molecular formula is C53H34N4. The molecule has 0 aliphatic carbocycles. The second-order valence-electron chi connectivity index (χ2n) is 14.4. The van der Waals surface area contributed by atoms with Gasteiger partial charge in [-0.2, -0.15) is 0 Å². The summed E-state index contributed by atoms with van der Waals surface area (Å²) in [6.45, 7) is 0. The van der Waals surface area contributed by atoms with Crippen molar-refractivity contribution >= 4 is 71.3 Å². The van der Waals surface area contributed by atoms with Gasteiger partial charge in [0.2, 0.25) is 0 Å². The third kappa shape index (κ3) is 5.66. The van der Waals surface area contributed by atoms with Crippen molar-refractivity contribution in [3.05, 3.63) is 206 Å². The van der Waals surface area contributed by atoms with Crippen LogP contribution in [0.1, 0.15) is 0 Å². The molecule has 0 saturated heterocycles. The smallest absolute Gasteiger partial charge is 0.0972 e. The summed E-state index contributed by atoms with van der Waals surface area (Å²) in [5.74, 6) is 0. The number of anilines is 3. The van der Waals surface area contributed by atoms with Gasteiger partial charge in [0.15, 0.2) is 0 Å². The molecular weight excluding hydrogens is 693 g/mol. The predicted octanol–water partition coefficient (Wildman–Crippen LogP) is 14.1. The van der Waals surface area contributed by atoms with Crippen molar-refractivity contribution in [2.75, 3.05) is 4.90 Å². The summed E-state index contributed by atoms with van der Waals surface area (Å²) >= 11 is 0. The second kappa shape index (κ2) is 13.6. The first kappa shape index (κ1) is 32.7. The number of fused-ring (bicyclic) bond motifs is 8. The molecule has 0 fully saturated rings. The Morgan fingerprint density at radius 2 is 0.877 bits per heavy atom. The lowest BCUT2D eigenvalue weighted by molar-refractivity contribution is 1.28. The molecule has 0 radical (unpaired) electrons. The van der Waals surface area contributed by atoms with E-state index in [0.717, 1.165) is 105 Å². The number of nitrogens with zero attached hydrogens (tertiary/aromatic N) is 4. The fourth-order valence-corrected chi connectivity index (χ4v) is 8.32. The summed E-state index contributed by atoms with van der Waals surface area (Å²) in [4.78, 5) is 18.4. The van der Waals surface area contributed by atoms with E-state index in [-0.39, 0.29) is 0 Å². The maximum atomic E-state index is 5.47. The molecule has 3 aromatic heterocycles. The van der Waals surface area contributed by atoms with Crippen LogP contribution >= 0.6 is 0 Å². The Morgan fingerprint density at radius 3 is 1.54 bits per heavy atom. The summed E-state index contributed by atoms with van der Waals surface area (Å²) in [6, 6.07) is 72.5. The van der Waals surface area contributed by atoms with Gasteiger partial charge >= 0.3 is 0 Å². The lowest BCUT2D eigenvalue weighted by Gasteiger charge is -2.26. The van der Waals surface area contributed by atoms with Crippen molar-refractivity contribution in [1.82, 2.24) is 15.0 Å². The number of hydrogen-bond acceptors (Lipinski definition) is 4. The molecule has 11 aromatic rings. The largest absolute Gasteiger partial charge is 0.310 e. The van der Waals surface area contributed by atoms with Crippen LogP contribution in [0.4, 0.5) is 17.1 Å². The molecule has 11 rings (SSSR count). The zero-order valence-corrected chi connectivity index (χ0v) is 30.9. The molecule has 0 aliphatic rings. The van der Waals surface area contributed by atoms with Crippen molar-refractivity contribution < 1.29 is 0 Å². The zero-order chi connectivity index (χ0) is 37.7. The summed E-state index contributed by atoms with van der Waals surface area (Å²) in [5, 5.41) is 7.78. The lowest BCUT2D eigenvalue weighted by Crippen LogP contribution is -2.09. The van der Waals surface area contributed by atoms with E-state index in [1.807, 2.05) is 6.07 Å². The van der Waals surface area contributed by atoms with Crippen molar-refractivity contribution in [3.8, 4) is 33.8 Å². The Morgan fingerprint density at radius 1 is 0.333 bits per heavy atom. The van der Waals surface area contributed by atoms with E-state index < -0.39 is 0 Å². The van der Waals surface area contributed by atoms with Gasteiger partial charge in [-0.1, -0.05) is 158 Å². The van der Waals surface area contributed by atoms with Crippen LogP contribution in [0.5, 0.6) is 0 Å². The first-order chi connectivity index (χ1) is 28.3. The molecule has 4 heteroatoms. The Balaban J connectivity index is 1.18. The predicted molar refractivity (Wildman–Crippen MR) is 238 cm³/mol. The summed E-state index contributed by atoms with van der Waals surface area (Å²) < 4.78 is 0. The summed E-state index contributed by atoms with van der Waals surface area (Å²) in [6.07, 6.45) is 0. The van der Waals surface area contributed by atoms with Crippen LogP contribution < -0.4 is 4.90 Å². The van der Waals surface area contributed by atoms with Crippen LogP contribution in [0.3, 0.4) is 0 Å². The molecule has 8 aromatic carbocycles. The molecule has 4 nitrogen and oxygen atoms in total. The highest BCUT2D eigenvalue weighted by atomic mass is 15.1. The number of hydrogen-bond donors (Lipinski definition) is 0. The van der Waals surface area contributed by atoms with Gasteiger partial charge in [0, 0.05) is 60.7 Å². The quantitative estimate of drug-likeness (QED) is 0.160. The Bertz CT molecular complexity index is 3240. The molecule has 0 atom stereocenters. The van der Waals surface area contributed by atoms with Crippen molar-refractivity contribution in [3.63, 3.8) is 0 Å². The van der Waals surface area contributed by atoms with E-state index in [1.165, 1.54) is 0 Å². The third-order valence-corrected chi connectivity index (χ3v) is 11.0. The zero-order valence-electron chi connectivity index (χ0n) is 30.9. The second-order valence-corrected chi connectivity index (χ2v) is 14.4. The van der Waals surface area contributed by atoms with Crippen LogP contribution in [0.25, 0.3) is 88.0 Å². The Labute approximate surface area is 330 Å². The third-order valence-electron chi connectivity index (χ3n) is 11.0. The number of para-hydroxylation sites is 2. The van der Waals surface area contributed by atoms with Crippen LogP contribution in [-0.2, 0) is 0 Å². The SMILES string of the molecule is c1ccc(-c2ccc3ccc4ccc(-c5cccc6ccc7c(-c8ccccc8)nc8cc(N(c9ccccc9)c9ccccc9)ccc8c7c56)nc4c3n2)cc1. The van der Waals surface area contributed by atoms with Gasteiger partial charge < -0.3 is 4.90 Å². The highest BCUT2D eigenvalue weighted by Gasteiger charge is 2.19. The molecule has 0 aliphatic heterocycles. The molecule has 0 spiro atoms. The lowest BCUT2D eigenvalue weighted by atomic mass is 9.91. The first-order valence-corrected chi connectivity index (χ1v) is 19.3. The van der Waals surface area contributed by atoms with E-state index in [9.17, 15) is 0 Å². The van der Waals surface area contributed by atoms with Crippen LogP contribution in [0.15, 0.2) is 206 Å². The van der Waals surface area contributed by atoms with E-state index in [1.54, 1.807) is 0 Å². The van der Waals surface area contributed by atoms with Gasteiger partial charge in [0.05, 0.1) is 33.6 Å². The molecule has 266 valence electrons. The molecule has 0 unspecified atom stereocenters. The first-order valence-electron chi connectivity index (χ1n) is 19.3. The fraction of sp³-hybridized carbons (Fsp3) is 0. The number of benzene rings is 8. The minimum atomic E-state index is 0.892. The number of rotatable bonds is 6. The molecule has 0 saturated carbocycles. The molecule has 0 bridgehead atoms. The molecule has 0 N–H and O–H groups in total. The molecule has 57 heavy (non-hydrogen) atoms. The monoisotopic (exact) mass is 726 g/mol. The highest BCUT2D eigenvalue weighted by Crippen LogP contribution is 2.43. The van der Waals surface area contributed by atoms with Crippen molar-refractivity contribution in [2.24, 2.45) is 0 Å². The van der Waals surface area contributed by atoms with Crippen LogP contribution in [0.2, 0.25) is 0 Å². The topological polar surface area (TPSA) is 41.9 Å². The van der Waals surface area contributed by atoms with E-state index >= 15 is 0 Å². The number of aromatic nitrogens is 3. The summed E-state index contributed by atoms with van der Waals surface area (Å²) in [7, 11) is 0. The minimum absolute atomic E-state index is 0.892. The van der Waals surface area contributed by atoms with Crippen molar-refractivity contribution in [2.45, 2.75) is 0 Å². The average molecular weight is 727 g/mol. The molecule has 3 heterocycles. The van der Waals surface area contributed by atoms with Crippen LogP contribution in [-0.4, -0.2) is 15.0 Å². The van der Waals surface area contributed by atoms with Gasteiger partial charge in [-0.15, -0.1) is 0 Å². The van der Waals surface area contributed by atoms with Crippen molar-refractivity contribution in [1.29, 1.82) is 0 Å². The van der Waals surface area contributed by atoms with Gasteiger partial charge in [0.25, 0.3) is 0 Å². The number of pyridine rings is 3. The van der Waals surface area contributed by atoms with E-state index in [0.29, 0.717) is 0 Å². The minimum Gasteiger partial charge on any atom is -0.310 e. The fourth-order valence-electron chi connectivity index (χ4n) is 8.32. The Kier molecular flexibility index (Phi) is 7.78. The van der Waals surface area contributed by atoms with Gasteiger partial charge in [0.1, 0.15) is 0 Å². The summed E-state index contributed by atoms with van der Waals surface area (Å²) in [5.41, 5.74) is 11.9. The van der Waals surface area contributed by atoms with Gasteiger partial charge in [-0.25, -0.2) is 15.0 Å². The Hall–Kier alpha value is -7.69. The van der Waals surface area contributed by atoms with Crippen LogP contribution in [0, 0.1) is 0 Å². The van der Waals surface area contributed by atoms with E-state index in [4.69, 9.17) is 15.0 Å². The van der Waals surface area contributed by atoms with E-state index in [2.05, 4.69) is 205 Å². The normalized spacial score (nSPS) is 11.5. The maximum Gasteiger partial charge on any atom is 0.0972 e. The highest BCUT2D eigenvalue weighted by molar-refractivity contribution is 6.26. The average Bonchev–Trinajstić information content (AvgIpc) is 3.29. The standard InChI is InChI=1S/C53H34N4/c1-5-14-35(15-6-1)46-32-27-38-24-25-39-28-33-47(55-53(39)52(38)54-46)43-23-13-18-36-26-30-45-50(49(36)43)44-31-29-42(34-48(44)56-51(45)37-16-7-2-8-17-37)57(40-19-9-3-10-20-40)41-21-11-4-12-22-41/h1-34H. The maximum absolute atomic E-state index is 5.47. The molecule has 0 amide bonds.